The molecule has 0 bridgehead atoms. The van der Waals surface area contributed by atoms with Crippen molar-refractivity contribution < 1.29 is 0 Å². The molecule has 30 heavy (non-hydrogen) atoms. The number of fused-ring (bicyclic) bond motifs is 1. The molecule has 5 aromatic rings. The molecule has 144 valence electrons. The zero-order valence-electron chi connectivity index (χ0n) is 16.6. The minimum atomic E-state index is 1.06. The van der Waals surface area contributed by atoms with Gasteiger partial charge in [-0.25, -0.2) is 0 Å². The van der Waals surface area contributed by atoms with E-state index in [0.717, 1.165) is 28.4 Å². The summed E-state index contributed by atoms with van der Waals surface area (Å²) < 4.78 is 0. The third kappa shape index (κ3) is 3.76. The van der Waals surface area contributed by atoms with Crippen molar-refractivity contribution in [1.82, 2.24) is 0 Å². The molecule has 0 fully saturated rings. The van der Waals surface area contributed by atoms with Gasteiger partial charge in [0.15, 0.2) is 0 Å². The van der Waals surface area contributed by atoms with Crippen molar-refractivity contribution in [2.45, 2.75) is 0 Å². The van der Waals surface area contributed by atoms with Crippen molar-refractivity contribution in [3.8, 4) is 0 Å². The molecular formula is C28H22N2. The van der Waals surface area contributed by atoms with Gasteiger partial charge in [-0.05, 0) is 65.4 Å². The summed E-state index contributed by atoms with van der Waals surface area (Å²) >= 11 is 0. The van der Waals surface area contributed by atoms with Gasteiger partial charge >= 0.3 is 0 Å². The highest BCUT2D eigenvalue weighted by molar-refractivity contribution is 5.87. The molecule has 0 atom stereocenters. The van der Waals surface area contributed by atoms with Crippen LogP contribution in [-0.4, -0.2) is 0 Å². The predicted octanol–water partition coefficient (Wildman–Crippen LogP) is 8.05. The molecule has 0 amide bonds. The second-order valence-corrected chi connectivity index (χ2v) is 7.24. The van der Waals surface area contributed by atoms with Gasteiger partial charge in [-0.2, -0.15) is 0 Å². The molecule has 0 spiro atoms. The predicted molar refractivity (Wildman–Crippen MR) is 128 cm³/mol. The standard InChI is InChI=1S/C28H22N2/c1-3-13-26(14-4-1)30(27-15-5-2-6-16-27)28-17-9-12-24(21-28)29-25-19-18-22-10-7-8-11-23(22)20-25/h1-21,29H. The average Bonchev–Trinajstić information content (AvgIpc) is 2.81. The van der Waals surface area contributed by atoms with E-state index in [9.17, 15) is 0 Å². The van der Waals surface area contributed by atoms with Gasteiger partial charge in [-0.3, -0.25) is 0 Å². The molecule has 5 rings (SSSR count). The zero-order chi connectivity index (χ0) is 20.2. The first-order valence-electron chi connectivity index (χ1n) is 10.1. The first-order valence-corrected chi connectivity index (χ1v) is 10.1. The number of hydrogen-bond donors (Lipinski definition) is 1. The summed E-state index contributed by atoms with van der Waals surface area (Å²) in [6.07, 6.45) is 0. The first-order chi connectivity index (χ1) is 14.9. The van der Waals surface area contributed by atoms with Crippen molar-refractivity contribution in [3.63, 3.8) is 0 Å². The molecule has 0 aliphatic carbocycles. The van der Waals surface area contributed by atoms with Crippen LogP contribution in [-0.2, 0) is 0 Å². The van der Waals surface area contributed by atoms with E-state index in [1.165, 1.54) is 10.8 Å². The summed E-state index contributed by atoms with van der Waals surface area (Å²) in [5, 5.41) is 6.04. The van der Waals surface area contributed by atoms with E-state index in [1.807, 2.05) is 12.1 Å². The molecule has 0 saturated heterocycles. The minimum Gasteiger partial charge on any atom is -0.355 e. The van der Waals surface area contributed by atoms with Crippen LogP contribution in [0.1, 0.15) is 0 Å². The Hall–Kier alpha value is -4.04. The van der Waals surface area contributed by atoms with Crippen LogP contribution >= 0.6 is 0 Å². The van der Waals surface area contributed by atoms with Crippen LogP contribution in [0.4, 0.5) is 28.4 Å². The van der Waals surface area contributed by atoms with E-state index in [2.05, 4.69) is 125 Å². The van der Waals surface area contributed by atoms with E-state index >= 15 is 0 Å². The molecule has 0 radical (unpaired) electrons. The first kappa shape index (κ1) is 18.0. The molecular weight excluding hydrogens is 364 g/mol. The van der Waals surface area contributed by atoms with Crippen LogP contribution < -0.4 is 10.2 Å². The number of hydrogen-bond acceptors (Lipinski definition) is 2. The van der Waals surface area contributed by atoms with Gasteiger partial charge < -0.3 is 10.2 Å². The third-order valence-electron chi connectivity index (χ3n) is 5.17. The lowest BCUT2D eigenvalue weighted by Crippen LogP contribution is -2.09. The topological polar surface area (TPSA) is 15.3 Å². The largest absolute Gasteiger partial charge is 0.355 e. The lowest BCUT2D eigenvalue weighted by atomic mass is 10.1. The molecule has 0 heterocycles. The van der Waals surface area contributed by atoms with Gasteiger partial charge in [0.05, 0.1) is 0 Å². The SMILES string of the molecule is c1ccc(N(c2ccccc2)c2cccc(Nc3ccc4ccccc4c3)c2)cc1. The molecule has 0 saturated carbocycles. The summed E-state index contributed by atoms with van der Waals surface area (Å²) in [6, 6.07) is 44.3. The molecule has 5 aromatic carbocycles. The normalized spacial score (nSPS) is 10.7. The Morgan fingerprint density at radius 3 is 1.67 bits per heavy atom. The highest BCUT2D eigenvalue weighted by atomic mass is 15.1. The molecule has 0 aliphatic rings. The smallest absolute Gasteiger partial charge is 0.0482 e. The highest BCUT2D eigenvalue weighted by Gasteiger charge is 2.12. The summed E-state index contributed by atoms with van der Waals surface area (Å²) in [6.45, 7) is 0. The molecule has 2 nitrogen and oxygen atoms in total. The lowest BCUT2D eigenvalue weighted by molar-refractivity contribution is 1.28. The van der Waals surface area contributed by atoms with Crippen molar-refractivity contribution in [3.05, 3.63) is 127 Å². The Bertz CT molecular complexity index is 1220. The van der Waals surface area contributed by atoms with E-state index in [-0.39, 0.29) is 0 Å². The fourth-order valence-corrected chi connectivity index (χ4v) is 3.76. The Labute approximate surface area is 177 Å². The van der Waals surface area contributed by atoms with Crippen molar-refractivity contribution in [1.29, 1.82) is 0 Å². The van der Waals surface area contributed by atoms with Crippen LogP contribution in [0.3, 0.4) is 0 Å². The van der Waals surface area contributed by atoms with E-state index in [4.69, 9.17) is 0 Å². The fraction of sp³-hybridized carbons (Fsp3) is 0. The summed E-state index contributed by atoms with van der Waals surface area (Å²) in [5.41, 5.74) is 5.51. The van der Waals surface area contributed by atoms with Gasteiger partial charge in [0.25, 0.3) is 0 Å². The maximum atomic E-state index is 3.57. The van der Waals surface area contributed by atoms with Crippen LogP contribution in [0.5, 0.6) is 0 Å². The van der Waals surface area contributed by atoms with Gasteiger partial charge in [0.1, 0.15) is 0 Å². The maximum absolute atomic E-state index is 3.57. The Kier molecular flexibility index (Phi) is 4.89. The number of anilines is 5. The third-order valence-corrected chi connectivity index (χ3v) is 5.17. The van der Waals surface area contributed by atoms with Gasteiger partial charge in [0, 0.05) is 28.4 Å². The molecule has 0 unspecified atom stereocenters. The van der Waals surface area contributed by atoms with Gasteiger partial charge in [-0.1, -0.05) is 72.8 Å². The van der Waals surface area contributed by atoms with E-state index in [1.54, 1.807) is 0 Å². The van der Waals surface area contributed by atoms with Gasteiger partial charge in [-0.15, -0.1) is 0 Å². The maximum Gasteiger partial charge on any atom is 0.0482 e. The molecule has 1 N–H and O–H groups in total. The number of para-hydroxylation sites is 2. The second kappa shape index (κ2) is 8.14. The Morgan fingerprint density at radius 2 is 0.967 bits per heavy atom. The van der Waals surface area contributed by atoms with Crippen LogP contribution in [0.2, 0.25) is 0 Å². The van der Waals surface area contributed by atoms with Crippen LogP contribution in [0.15, 0.2) is 127 Å². The zero-order valence-corrected chi connectivity index (χ0v) is 16.6. The average molecular weight is 386 g/mol. The number of benzene rings is 5. The number of rotatable bonds is 5. The van der Waals surface area contributed by atoms with E-state index in [0.29, 0.717) is 0 Å². The van der Waals surface area contributed by atoms with Crippen LogP contribution in [0.25, 0.3) is 10.8 Å². The summed E-state index contributed by atoms with van der Waals surface area (Å²) in [5.74, 6) is 0. The van der Waals surface area contributed by atoms with E-state index < -0.39 is 0 Å². The second-order valence-electron chi connectivity index (χ2n) is 7.24. The number of nitrogens with one attached hydrogen (secondary N) is 1. The summed E-state index contributed by atoms with van der Waals surface area (Å²) in [4.78, 5) is 2.27. The molecule has 0 aliphatic heterocycles. The highest BCUT2D eigenvalue weighted by Crippen LogP contribution is 2.35. The van der Waals surface area contributed by atoms with Crippen molar-refractivity contribution in [2.24, 2.45) is 0 Å². The number of nitrogens with zero attached hydrogens (tertiary/aromatic N) is 1. The Balaban J connectivity index is 1.51. The quantitative estimate of drug-likeness (QED) is 0.329. The fourth-order valence-electron chi connectivity index (χ4n) is 3.76. The van der Waals surface area contributed by atoms with Crippen molar-refractivity contribution >= 4 is 39.2 Å². The summed E-state index contributed by atoms with van der Waals surface area (Å²) in [7, 11) is 0. The molecule has 0 aromatic heterocycles. The minimum absolute atomic E-state index is 1.06. The Morgan fingerprint density at radius 1 is 0.400 bits per heavy atom. The lowest BCUT2D eigenvalue weighted by Gasteiger charge is -2.26. The molecule has 2 heteroatoms. The van der Waals surface area contributed by atoms with Gasteiger partial charge in [0.2, 0.25) is 0 Å². The monoisotopic (exact) mass is 386 g/mol. The van der Waals surface area contributed by atoms with Crippen molar-refractivity contribution in [2.75, 3.05) is 10.2 Å². The van der Waals surface area contributed by atoms with Crippen LogP contribution in [0, 0.1) is 0 Å².